The first-order valence-corrected chi connectivity index (χ1v) is 5.54. The van der Waals surface area contributed by atoms with E-state index in [0.717, 1.165) is 12.1 Å². The zero-order chi connectivity index (χ0) is 13.1. The van der Waals surface area contributed by atoms with Gasteiger partial charge in [-0.1, -0.05) is 6.07 Å². The predicted molar refractivity (Wildman–Crippen MR) is 61.6 cm³/mol. The molecule has 0 aliphatic carbocycles. The molecular formula is C13H18F2O2. The van der Waals surface area contributed by atoms with Gasteiger partial charge in [-0.3, -0.25) is 0 Å². The Morgan fingerprint density at radius 1 is 1.29 bits per heavy atom. The zero-order valence-electron chi connectivity index (χ0n) is 10.3. The summed E-state index contributed by atoms with van der Waals surface area (Å²) in [5.41, 5.74) is -0.678. The number of aliphatic hydroxyl groups is 1. The van der Waals surface area contributed by atoms with Crippen molar-refractivity contribution < 1.29 is 18.6 Å². The highest BCUT2D eigenvalue weighted by Crippen LogP contribution is 2.27. The first kappa shape index (κ1) is 14.1. The molecule has 4 heteroatoms. The number of hydrogen-bond acceptors (Lipinski definition) is 2. The van der Waals surface area contributed by atoms with Gasteiger partial charge in [-0.15, -0.1) is 0 Å². The third-order valence-corrected chi connectivity index (χ3v) is 2.91. The van der Waals surface area contributed by atoms with E-state index in [-0.39, 0.29) is 12.0 Å². The fraction of sp³-hybridized carbons (Fsp3) is 0.538. The second kappa shape index (κ2) is 5.56. The molecule has 1 aromatic rings. The van der Waals surface area contributed by atoms with E-state index in [2.05, 4.69) is 0 Å². The molecule has 1 unspecified atom stereocenters. The van der Waals surface area contributed by atoms with Gasteiger partial charge < -0.3 is 9.84 Å². The van der Waals surface area contributed by atoms with E-state index in [4.69, 9.17) is 4.74 Å². The number of halogens is 2. The molecule has 0 fully saturated rings. The lowest BCUT2D eigenvalue weighted by Gasteiger charge is -2.24. The average Bonchev–Trinajstić information content (AvgIpc) is 2.26. The van der Waals surface area contributed by atoms with E-state index < -0.39 is 23.3 Å². The molecule has 2 nitrogen and oxygen atoms in total. The fourth-order valence-corrected chi connectivity index (χ4v) is 1.56. The molecule has 96 valence electrons. The monoisotopic (exact) mass is 244 g/mol. The van der Waals surface area contributed by atoms with Crippen LogP contribution in [0.25, 0.3) is 0 Å². The Labute approximate surface area is 100 Å². The molecule has 17 heavy (non-hydrogen) atoms. The lowest BCUT2D eigenvalue weighted by Crippen LogP contribution is -2.23. The minimum Gasteiger partial charge on any atom is -0.388 e. The number of aliphatic hydroxyl groups excluding tert-OH is 1. The second-order valence-corrected chi connectivity index (χ2v) is 4.65. The molecule has 0 saturated carbocycles. The van der Waals surface area contributed by atoms with E-state index in [0.29, 0.717) is 6.42 Å². The summed E-state index contributed by atoms with van der Waals surface area (Å²) in [6.07, 6.45) is -0.387. The number of methoxy groups -OCH3 is 1. The smallest absolute Gasteiger partial charge is 0.131 e. The molecule has 0 aliphatic heterocycles. The van der Waals surface area contributed by atoms with Crippen molar-refractivity contribution in [3.8, 4) is 0 Å². The molecule has 1 aromatic carbocycles. The molecule has 0 aliphatic rings. The lowest BCUT2D eigenvalue weighted by atomic mass is 9.96. The van der Waals surface area contributed by atoms with Crippen molar-refractivity contribution in [3.05, 3.63) is 35.4 Å². The van der Waals surface area contributed by atoms with E-state index in [1.54, 1.807) is 7.11 Å². The molecule has 0 amide bonds. The minimum atomic E-state index is -1.15. The van der Waals surface area contributed by atoms with Crippen LogP contribution in [0.4, 0.5) is 8.78 Å². The quantitative estimate of drug-likeness (QED) is 0.861. The van der Waals surface area contributed by atoms with Crippen LogP contribution in [-0.4, -0.2) is 17.8 Å². The molecule has 1 N–H and O–H groups in total. The summed E-state index contributed by atoms with van der Waals surface area (Å²) in [6, 6.07) is 3.56. The average molecular weight is 244 g/mol. The SMILES string of the molecule is COC(C)(C)CCC(O)c1c(F)cccc1F. The van der Waals surface area contributed by atoms with Gasteiger partial charge in [0.2, 0.25) is 0 Å². The van der Waals surface area contributed by atoms with Crippen LogP contribution in [-0.2, 0) is 4.74 Å². The van der Waals surface area contributed by atoms with Gasteiger partial charge in [-0.25, -0.2) is 8.78 Å². The number of hydrogen-bond donors (Lipinski definition) is 1. The molecule has 0 bridgehead atoms. The van der Waals surface area contributed by atoms with Crippen LogP contribution in [0.15, 0.2) is 18.2 Å². The molecule has 0 radical (unpaired) electrons. The molecule has 1 atom stereocenters. The van der Waals surface area contributed by atoms with E-state index in [1.165, 1.54) is 6.07 Å². The van der Waals surface area contributed by atoms with Crippen molar-refractivity contribution in [2.45, 2.75) is 38.4 Å². The minimum absolute atomic E-state index is 0.249. The van der Waals surface area contributed by atoms with Crippen molar-refractivity contribution >= 4 is 0 Å². The van der Waals surface area contributed by atoms with Crippen molar-refractivity contribution in [2.75, 3.05) is 7.11 Å². The van der Waals surface area contributed by atoms with Crippen molar-refractivity contribution in [3.63, 3.8) is 0 Å². The van der Waals surface area contributed by atoms with E-state index in [1.807, 2.05) is 13.8 Å². The second-order valence-electron chi connectivity index (χ2n) is 4.65. The van der Waals surface area contributed by atoms with Crippen LogP contribution in [0, 0.1) is 11.6 Å². The van der Waals surface area contributed by atoms with Crippen LogP contribution >= 0.6 is 0 Å². The standard InChI is InChI=1S/C13H18F2O2/c1-13(2,17-3)8-7-11(16)12-9(14)5-4-6-10(12)15/h4-6,11,16H,7-8H2,1-3H3. The largest absolute Gasteiger partial charge is 0.388 e. The van der Waals surface area contributed by atoms with Crippen molar-refractivity contribution in [1.82, 2.24) is 0 Å². The van der Waals surface area contributed by atoms with Crippen molar-refractivity contribution in [1.29, 1.82) is 0 Å². The van der Waals surface area contributed by atoms with Gasteiger partial charge in [-0.05, 0) is 38.8 Å². The Morgan fingerprint density at radius 2 is 1.82 bits per heavy atom. The molecule has 0 aromatic heterocycles. The maximum Gasteiger partial charge on any atom is 0.131 e. The summed E-state index contributed by atoms with van der Waals surface area (Å²) in [5, 5.41) is 9.81. The first-order valence-electron chi connectivity index (χ1n) is 5.54. The first-order chi connectivity index (χ1) is 7.87. The third kappa shape index (κ3) is 3.75. The number of rotatable bonds is 5. The topological polar surface area (TPSA) is 29.5 Å². The van der Waals surface area contributed by atoms with Gasteiger partial charge in [0, 0.05) is 7.11 Å². The molecule has 0 spiro atoms. The van der Waals surface area contributed by atoms with Gasteiger partial charge in [0.1, 0.15) is 11.6 Å². The maximum absolute atomic E-state index is 13.4. The molecule has 0 saturated heterocycles. The molecular weight excluding hydrogens is 226 g/mol. The van der Waals surface area contributed by atoms with Crippen LogP contribution in [0.1, 0.15) is 38.4 Å². The Hall–Kier alpha value is -1.00. The van der Waals surface area contributed by atoms with Gasteiger partial charge in [0.15, 0.2) is 0 Å². The lowest BCUT2D eigenvalue weighted by molar-refractivity contribution is 0.00213. The third-order valence-electron chi connectivity index (χ3n) is 2.91. The Bertz CT molecular complexity index is 357. The summed E-state index contributed by atoms with van der Waals surface area (Å²) in [5.74, 6) is -1.43. The van der Waals surface area contributed by atoms with E-state index >= 15 is 0 Å². The Kier molecular flexibility index (Phi) is 4.60. The summed E-state index contributed by atoms with van der Waals surface area (Å²) in [6.45, 7) is 3.72. The normalized spacial score (nSPS) is 13.8. The number of ether oxygens (including phenoxy) is 1. The van der Waals surface area contributed by atoms with Gasteiger partial charge in [0.05, 0.1) is 17.3 Å². The van der Waals surface area contributed by atoms with Crippen LogP contribution in [0.2, 0.25) is 0 Å². The van der Waals surface area contributed by atoms with E-state index in [9.17, 15) is 13.9 Å². The highest BCUT2D eigenvalue weighted by atomic mass is 19.1. The van der Waals surface area contributed by atoms with Crippen LogP contribution < -0.4 is 0 Å². The summed E-state index contributed by atoms with van der Waals surface area (Å²) >= 11 is 0. The fourth-order valence-electron chi connectivity index (χ4n) is 1.56. The zero-order valence-corrected chi connectivity index (χ0v) is 10.3. The Morgan fingerprint density at radius 3 is 2.29 bits per heavy atom. The highest BCUT2D eigenvalue weighted by molar-refractivity contribution is 5.21. The van der Waals surface area contributed by atoms with Gasteiger partial charge in [-0.2, -0.15) is 0 Å². The number of benzene rings is 1. The van der Waals surface area contributed by atoms with Gasteiger partial charge in [0.25, 0.3) is 0 Å². The maximum atomic E-state index is 13.4. The highest BCUT2D eigenvalue weighted by Gasteiger charge is 2.22. The summed E-state index contributed by atoms with van der Waals surface area (Å²) < 4.78 is 31.9. The molecule has 1 rings (SSSR count). The Balaban J connectivity index is 2.74. The van der Waals surface area contributed by atoms with Gasteiger partial charge >= 0.3 is 0 Å². The van der Waals surface area contributed by atoms with Crippen molar-refractivity contribution in [2.24, 2.45) is 0 Å². The van der Waals surface area contributed by atoms with Crippen LogP contribution in [0.5, 0.6) is 0 Å². The summed E-state index contributed by atoms with van der Waals surface area (Å²) in [4.78, 5) is 0. The summed E-state index contributed by atoms with van der Waals surface area (Å²) in [7, 11) is 1.57. The van der Waals surface area contributed by atoms with Crippen LogP contribution in [0.3, 0.4) is 0 Å². The molecule has 0 heterocycles. The predicted octanol–water partition coefficient (Wildman–Crippen LogP) is 3.20.